The minimum absolute atomic E-state index is 0. The molecule has 5 nitrogen and oxygen atoms in total. The molecule has 30 heavy (non-hydrogen) atoms. The lowest BCUT2D eigenvalue weighted by molar-refractivity contribution is -0.872. The van der Waals surface area contributed by atoms with Gasteiger partial charge in [0.25, 0.3) is 0 Å². The second kappa shape index (κ2) is 10.8. The van der Waals surface area contributed by atoms with Crippen LogP contribution in [0.5, 0.6) is 5.75 Å². The summed E-state index contributed by atoms with van der Waals surface area (Å²) in [5.74, 6) is 0.829. The van der Waals surface area contributed by atoms with Crippen molar-refractivity contribution >= 4 is 28.7 Å². The van der Waals surface area contributed by atoms with Crippen LogP contribution in [-0.2, 0) is 23.5 Å². The zero-order chi connectivity index (χ0) is 21.0. The zero-order valence-corrected chi connectivity index (χ0v) is 19.3. The maximum Gasteiger partial charge on any atom is 0.342 e. The highest BCUT2D eigenvalue weighted by atomic mass is 35.5. The molecule has 0 saturated carbocycles. The number of aryl methyl sites for hydroxylation is 1. The predicted octanol–water partition coefficient (Wildman–Crippen LogP) is 0.818. The number of thioether (sulfide) groups is 1. The predicted molar refractivity (Wildman–Crippen MR) is 116 cm³/mol. The fourth-order valence-electron chi connectivity index (χ4n) is 3.32. The van der Waals surface area contributed by atoms with Crippen molar-refractivity contribution in [2.75, 3.05) is 20.7 Å². The molecule has 3 rings (SSSR count). The van der Waals surface area contributed by atoms with E-state index < -0.39 is 5.97 Å². The van der Waals surface area contributed by atoms with Crippen molar-refractivity contribution in [3.63, 3.8) is 0 Å². The van der Waals surface area contributed by atoms with Crippen LogP contribution in [-0.4, -0.2) is 31.8 Å². The molecular formula is C23H28ClNO4S. The molecule has 0 saturated heterocycles. The Balaban J connectivity index is 0.00000320. The number of benzene rings is 2. The Morgan fingerprint density at radius 3 is 2.43 bits per heavy atom. The van der Waals surface area contributed by atoms with Gasteiger partial charge in [-0.2, -0.15) is 0 Å². The third-order valence-electron chi connectivity index (χ3n) is 4.72. The number of nitrogens with one attached hydrogen (secondary N) is 1. The van der Waals surface area contributed by atoms with Gasteiger partial charge in [0.05, 0.1) is 32.0 Å². The molecule has 0 aliphatic carbocycles. The van der Waals surface area contributed by atoms with Crippen LogP contribution in [0.2, 0.25) is 0 Å². The SMILES string of the molecule is CCOC(=O)c1c(CSc2ccc(CC)cc2)oc2ccc(O)c(C[NH+](C)C)c12.[Cl-]. The van der Waals surface area contributed by atoms with Gasteiger partial charge < -0.3 is 31.6 Å². The molecule has 0 aliphatic rings. The average molecular weight is 450 g/mol. The van der Waals surface area contributed by atoms with E-state index in [0.717, 1.165) is 16.2 Å². The van der Waals surface area contributed by atoms with Crippen molar-refractivity contribution in [2.24, 2.45) is 0 Å². The minimum atomic E-state index is -0.413. The number of phenolic OH excluding ortho intramolecular Hbond substituents is 1. The number of quaternary nitrogens is 1. The third-order valence-corrected chi connectivity index (χ3v) is 5.74. The average Bonchev–Trinajstić information content (AvgIpc) is 3.08. The lowest BCUT2D eigenvalue weighted by Gasteiger charge is -2.11. The van der Waals surface area contributed by atoms with Gasteiger partial charge in [0.15, 0.2) is 0 Å². The lowest BCUT2D eigenvalue weighted by atomic mass is 10.0. The van der Waals surface area contributed by atoms with Gasteiger partial charge in [-0.05, 0) is 43.2 Å². The van der Waals surface area contributed by atoms with Gasteiger partial charge in [0.2, 0.25) is 0 Å². The number of furan rings is 1. The highest BCUT2D eigenvalue weighted by Gasteiger charge is 2.26. The number of aromatic hydroxyl groups is 1. The summed E-state index contributed by atoms with van der Waals surface area (Å²) in [6, 6.07) is 11.7. The van der Waals surface area contributed by atoms with Crippen molar-refractivity contribution < 1.29 is 36.4 Å². The van der Waals surface area contributed by atoms with E-state index in [-0.39, 0.29) is 24.8 Å². The molecular weight excluding hydrogens is 422 g/mol. The van der Waals surface area contributed by atoms with Crippen LogP contribution in [0.1, 0.15) is 41.1 Å². The van der Waals surface area contributed by atoms with E-state index in [4.69, 9.17) is 9.15 Å². The van der Waals surface area contributed by atoms with E-state index in [2.05, 4.69) is 31.2 Å². The summed E-state index contributed by atoms with van der Waals surface area (Å²) in [5, 5.41) is 11.1. The molecule has 0 radical (unpaired) electrons. The highest BCUT2D eigenvalue weighted by Crippen LogP contribution is 2.36. The first kappa shape index (κ1) is 24.1. The maximum absolute atomic E-state index is 12.8. The van der Waals surface area contributed by atoms with Gasteiger partial charge >= 0.3 is 5.97 Å². The Labute approximate surface area is 187 Å². The van der Waals surface area contributed by atoms with Crippen molar-refractivity contribution in [1.29, 1.82) is 0 Å². The summed E-state index contributed by atoms with van der Waals surface area (Å²) in [6.07, 6.45) is 1.00. The van der Waals surface area contributed by atoms with Gasteiger partial charge in [0, 0.05) is 10.3 Å². The fourth-order valence-corrected chi connectivity index (χ4v) is 4.15. The molecule has 1 heterocycles. The molecule has 3 aromatic rings. The monoisotopic (exact) mass is 449 g/mol. The normalized spacial score (nSPS) is 11.0. The second-order valence-corrected chi connectivity index (χ2v) is 8.28. The van der Waals surface area contributed by atoms with Crippen molar-refractivity contribution in [3.05, 3.63) is 58.8 Å². The first-order chi connectivity index (χ1) is 13.9. The maximum atomic E-state index is 12.8. The van der Waals surface area contributed by atoms with E-state index in [1.807, 2.05) is 14.1 Å². The van der Waals surface area contributed by atoms with Crippen LogP contribution in [0, 0.1) is 0 Å². The van der Waals surface area contributed by atoms with Gasteiger partial charge in [-0.25, -0.2) is 4.79 Å². The van der Waals surface area contributed by atoms with Crippen molar-refractivity contribution in [1.82, 2.24) is 0 Å². The molecule has 0 amide bonds. The molecule has 2 N–H and O–H groups in total. The molecule has 162 valence electrons. The largest absolute Gasteiger partial charge is 1.00 e. The Morgan fingerprint density at radius 1 is 1.13 bits per heavy atom. The van der Waals surface area contributed by atoms with Gasteiger partial charge in [-0.1, -0.05) is 19.1 Å². The number of carbonyl (C=O) groups excluding carboxylic acids is 1. The number of rotatable bonds is 8. The second-order valence-electron chi connectivity index (χ2n) is 7.23. The van der Waals surface area contributed by atoms with Crippen LogP contribution in [0.25, 0.3) is 11.0 Å². The van der Waals surface area contributed by atoms with E-state index in [1.165, 1.54) is 5.56 Å². The molecule has 1 aromatic heterocycles. The fraction of sp³-hybridized carbons (Fsp3) is 0.348. The molecule has 7 heteroatoms. The Kier molecular flexibility index (Phi) is 8.65. The number of halogens is 1. The molecule has 2 aromatic carbocycles. The Bertz CT molecular complexity index is 999. The summed E-state index contributed by atoms with van der Waals surface area (Å²) in [5.41, 5.74) is 3.01. The quantitative estimate of drug-likeness (QED) is 0.394. The molecule has 0 fully saturated rings. The number of carbonyl (C=O) groups is 1. The van der Waals surface area contributed by atoms with E-state index in [1.54, 1.807) is 30.8 Å². The molecule has 0 unspecified atom stereocenters. The summed E-state index contributed by atoms with van der Waals surface area (Å²) < 4.78 is 11.4. The van der Waals surface area contributed by atoms with Gasteiger partial charge in [-0.15, -0.1) is 11.8 Å². The first-order valence-electron chi connectivity index (χ1n) is 9.88. The smallest absolute Gasteiger partial charge is 0.342 e. The Hall–Kier alpha value is -2.15. The van der Waals surface area contributed by atoms with E-state index in [0.29, 0.717) is 40.2 Å². The molecule has 0 aliphatic heterocycles. The number of esters is 1. The van der Waals surface area contributed by atoms with Crippen LogP contribution in [0.15, 0.2) is 45.7 Å². The minimum Gasteiger partial charge on any atom is -1.00 e. The number of fused-ring (bicyclic) bond motifs is 1. The number of phenols is 1. The van der Waals surface area contributed by atoms with Gasteiger partial charge in [0.1, 0.15) is 29.2 Å². The standard InChI is InChI=1S/C23H27NO4S.ClH/c1-5-15-7-9-16(10-8-15)29-14-20-22(23(26)27-6-2)21-17(13-24(3)4)18(25)11-12-19(21)28-20;/h7-12,25H,5-6,13-14H2,1-4H3;1H. The van der Waals surface area contributed by atoms with E-state index >= 15 is 0 Å². The lowest BCUT2D eigenvalue weighted by Crippen LogP contribution is -3.04. The van der Waals surface area contributed by atoms with Gasteiger partial charge in [-0.3, -0.25) is 0 Å². The summed E-state index contributed by atoms with van der Waals surface area (Å²) in [6.45, 7) is 4.76. The topological polar surface area (TPSA) is 64.1 Å². The summed E-state index contributed by atoms with van der Waals surface area (Å²) >= 11 is 1.61. The van der Waals surface area contributed by atoms with Crippen LogP contribution >= 0.6 is 11.8 Å². The number of hydrogen-bond donors (Lipinski definition) is 2. The summed E-state index contributed by atoms with van der Waals surface area (Å²) in [7, 11) is 4.00. The molecule has 0 spiro atoms. The first-order valence-corrected chi connectivity index (χ1v) is 10.9. The summed E-state index contributed by atoms with van der Waals surface area (Å²) in [4.78, 5) is 15.0. The molecule has 0 bridgehead atoms. The number of ether oxygens (including phenoxy) is 1. The third kappa shape index (κ3) is 5.31. The highest BCUT2D eigenvalue weighted by molar-refractivity contribution is 7.98. The van der Waals surface area contributed by atoms with Crippen molar-refractivity contribution in [3.8, 4) is 5.75 Å². The zero-order valence-electron chi connectivity index (χ0n) is 17.8. The number of hydrogen-bond acceptors (Lipinski definition) is 5. The van der Waals surface area contributed by atoms with E-state index in [9.17, 15) is 9.90 Å². The van der Waals surface area contributed by atoms with Crippen LogP contribution in [0.3, 0.4) is 0 Å². The molecule has 0 atom stereocenters. The Morgan fingerprint density at radius 2 is 1.83 bits per heavy atom. The van der Waals surface area contributed by atoms with Crippen LogP contribution in [0.4, 0.5) is 0 Å². The van der Waals surface area contributed by atoms with Crippen LogP contribution < -0.4 is 17.3 Å². The van der Waals surface area contributed by atoms with Crippen molar-refractivity contribution in [2.45, 2.75) is 37.5 Å².